The van der Waals surface area contributed by atoms with E-state index in [9.17, 15) is 4.79 Å². The van der Waals surface area contributed by atoms with Crippen molar-refractivity contribution in [3.05, 3.63) is 45.9 Å². The Bertz CT molecular complexity index is 676. The van der Waals surface area contributed by atoms with Crippen molar-refractivity contribution in [3.8, 4) is 11.5 Å². The van der Waals surface area contributed by atoms with Crippen LogP contribution in [0, 0.1) is 0 Å². The van der Waals surface area contributed by atoms with Crippen LogP contribution in [0.25, 0.3) is 0 Å². The van der Waals surface area contributed by atoms with Gasteiger partial charge in [0.05, 0.1) is 19.9 Å². The Labute approximate surface area is 134 Å². The minimum Gasteiger partial charge on any atom is -0.497 e. The Balaban J connectivity index is 2.18. The molecule has 0 radical (unpaired) electrons. The van der Waals surface area contributed by atoms with Gasteiger partial charge in [0.15, 0.2) is 5.16 Å². The molecule has 0 saturated heterocycles. The molecule has 0 saturated carbocycles. The van der Waals surface area contributed by atoms with Gasteiger partial charge < -0.3 is 14.5 Å². The predicted molar refractivity (Wildman–Crippen MR) is 88.1 cm³/mol. The number of benzene rings is 1. The minimum absolute atomic E-state index is 0.121. The van der Waals surface area contributed by atoms with Crippen LogP contribution in [0.2, 0.25) is 0 Å². The molecule has 5 nitrogen and oxygen atoms in total. The second kappa shape index (κ2) is 7.35. The lowest BCUT2D eigenvalue weighted by Crippen LogP contribution is -2.10. The summed E-state index contributed by atoms with van der Waals surface area (Å²) in [6, 6.07) is 7.26. The number of ether oxygens (including phenoxy) is 2. The van der Waals surface area contributed by atoms with Gasteiger partial charge >= 0.3 is 0 Å². The largest absolute Gasteiger partial charge is 0.497 e. The summed E-state index contributed by atoms with van der Waals surface area (Å²) in [4.78, 5) is 18.9. The molecule has 1 N–H and O–H groups in total. The van der Waals surface area contributed by atoms with Gasteiger partial charge in [-0.15, -0.1) is 0 Å². The van der Waals surface area contributed by atoms with Gasteiger partial charge in [0, 0.05) is 17.9 Å². The molecular formula is C16H20N2O3S. The predicted octanol–water partition coefficient (Wildman–Crippen LogP) is 3.20. The average molecular weight is 320 g/mol. The Morgan fingerprint density at radius 3 is 2.32 bits per heavy atom. The summed E-state index contributed by atoms with van der Waals surface area (Å²) in [6.07, 6.45) is 0. The number of rotatable bonds is 6. The quantitative estimate of drug-likeness (QED) is 0.654. The zero-order valence-electron chi connectivity index (χ0n) is 13.2. The monoisotopic (exact) mass is 320 g/mol. The van der Waals surface area contributed by atoms with Crippen molar-refractivity contribution in [2.45, 2.75) is 30.7 Å². The van der Waals surface area contributed by atoms with Gasteiger partial charge in [0.2, 0.25) is 0 Å². The lowest BCUT2D eigenvalue weighted by Gasteiger charge is -2.09. The van der Waals surface area contributed by atoms with Crippen LogP contribution < -0.4 is 15.0 Å². The lowest BCUT2D eigenvalue weighted by molar-refractivity contribution is 0.393. The summed E-state index contributed by atoms with van der Waals surface area (Å²) in [5.41, 5.74) is 1.72. The second-order valence-corrected chi connectivity index (χ2v) is 6.10. The van der Waals surface area contributed by atoms with E-state index < -0.39 is 0 Å². The molecule has 0 unspecified atom stereocenters. The van der Waals surface area contributed by atoms with Crippen molar-refractivity contribution in [1.82, 2.24) is 9.97 Å². The fourth-order valence-electron chi connectivity index (χ4n) is 1.92. The number of aromatic amines is 1. The third-order valence-electron chi connectivity index (χ3n) is 3.12. The molecular weight excluding hydrogens is 300 g/mol. The zero-order chi connectivity index (χ0) is 16.1. The molecule has 1 heterocycles. The fourth-order valence-corrected chi connectivity index (χ4v) is 2.73. The minimum atomic E-state index is -0.121. The molecule has 0 amide bonds. The maximum atomic E-state index is 11.7. The number of methoxy groups -OCH3 is 2. The molecule has 0 aliphatic rings. The first-order valence-corrected chi connectivity index (χ1v) is 7.96. The van der Waals surface area contributed by atoms with Crippen molar-refractivity contribution in [2.75, 3.05) is 14.2 Å². The Morgan fingerprint density at radius 2 is 1.77 bits per heavy atom. The first-order valence-electron chi connectivity index (χ1n) is 6.98. The highest BCUT2D eigenvalue weighted by Crippen LogP contribution is 2.27. The van der Waals surface area contributed by atoms with Crippen LogP contribution in [0.3, 0.4) is 0 Å². The fraction of sp³-hybridized carbons (Fsp3) is 0.375. The maximum absolute atomic E-state index is 11.7. The van der Waals surface area contributed by atoms with Crippen LogP contribution in [-0.4, -0.2) is 24.2 Å². The first-order chi connectivity index (χ1) is 10.5. The molecule has 118 valence electrons. The van der Waals surface area contributed by atoms with Gasteiger partial charge in [-0.1, -0.05) is 25.6 Å². The van der Waals surface area contributed by atoms with Crippen LogP contribution >= 0.6 is 11.8 Å². The van der Waals surface area contributed by atoms with E-state index >= 15 is 0 Å². The molecule has 0 fully saturated rings. The second-order valence-electron chi connectivity index (χ2n) is 5.14. The molecule has 0 aliphatic heterocycles. The van der Waals surface area contributed by atoms with Crippen LogP contribution in [0.4, 0.5) is 0 Å². The van der Waals surface area contributed by atoms with Gasteiger partial charge in [0.1, 0.15) is 11.5 Å². The molecule has 2 rings (SSSR count). The van der Waals surface area contributed by atoms with Gasteiger partial charge in [-0.3, -0.25) is 4.79 Å². The zero-order valence-corrected chi connectivity index (χ0v) is 14.0. The molecule has 1 aromatic heterocycles. The molecule has 22 heavy (non-hydrogen) atoms. The normalized spacial score (nSPS) is 10.8. The van der Waals surface area contributed by atoms with E-state index in [-0.39, 0.29) is 11.5 Å². The molecule has 0 bridgehead atoms. The van der Waals surface area contributed by atoms with E-state index in [1.54, 1.807) is 20.3 Å². The van der Waals surface area contributed by atoms with Gasteiger partial charge in [0.25, 0.3) is 5.56 Å². The number of hydrogen-bond acceptors (Lipinski definition) is 5. The van der Waals surface area contributed by atoms with E-state index in [1.807, 2.05) is 32.0 Å². The summed E-state index contributed by atoms with van der Waals surface area (Å²) in [5.74, 6) is 2.37. The van der Waals surface area contributed by atoms with Crippen molar-refractivity contribution >= 4 is 11.8 Å². The summed E-state index contributed by atoms with van der Waals surface area (Å²) < 4.78 is 10.5. The van der Waals surface area contributed by atoms with Crippen molar-refractivity contribution < 1.29 is 9.47 Å². The molecule has 0 spiro atoms. The molecule has 0 aliphatic carbocycles. The Hall–Kier alpha value is -1.95. The molecule has 6 heteroatoms. The third-order valence-corrected chi connectivity index (χ3v) is 4.06. The van der Waals surface area contributed by atoms with Gasteiger partial charge in [-0.25, -0.2) is 4.98 Å². The van der Waals surface area contributed by atoms with E-state index in [0.717, 1.165) is 22.8 Å². The van der Waals surface area contributed by atoms with E-state index in [1.165, 1.54) is 11.8 Å². The summed E-state index contributed by atoms with van der Waals surface area (Å²) >= 11 is 1.48. The van der Waals surface area contributed by atoms with Crippen LogP contribution in [-0.2, 0) is 5.75 Å². The molecule has 2 aromatic rings. The standard InChI is InChI=1S/C16H20N2O3S/c1-10(2)14-8-15(19)18-16(17-14)22-9-11-5-12(20-3)7-13(6-11)21-4/h5-8,10H,9H2,1-4H3,(H,17,18,19). The van der Waals surface area contributed by atoms with E-state index in [4.69, 9.17) is 9.47 Å². The van der Waals surface area contributed by atoms with Gasteiger partial charge in [-0.05, 0) is 23.6 Å². The first kappa shape index (κ1) is 16.4. The summed E-state index contributed by atoms with van der Waals surface area (Å²) in [5, 5.41) is 0.623. The number of thioether (sulfide) groups is 1. The molecule has 1 aromatic carbocycles. The number of hydrogen-bond donors (Lipinski definition) is 1. The Morgan fingerprint density at radius 1 is 1.14 bits per heavy atom. The lowest BCUT2D eigenvalue weighted by atomic mass is 10.1. The van der Waals surface area contributed by atoms with Crippen LogP contribution in [0.1, 0.15) is 31.0 Å². The van der Waals surface area contributed by atoms with Gasteiger partial charge in [-0.2, -0.15) is 0 Å². The number of nitrogens with one attached hydrogen (secondary N) is 1. The number of nitrogens with zero attached hydrogens (tertiary/aromatic N) is 1. The van der Waals surface area contributed by atoms with Crippen molar-refractivity contribution in [2.24, 2.45) is 0 Å². The smallest absolute Gasteiger partial charge is 0.251 e. The van der Waals surface area contributed by atoms with E-state index in [0.29, 0.717) is 10.9 Å². The van der Waals surface area contributed by atoms with E-state index in [2.05, 4.69) is 9.97 Å². The third kappa shape index (κ3) is 4.27. The maximum Gasteiger partial charge on any atom is 0.251 e. The Kier molecular flexibility index (Phi) is 5.49. The van der Waals surface area contributed by atoms with Crippen molar-refractivity contribution in [1.29, 1.82) is 0 Å². The highest BCUT2D eigenvalue weighted by molar-refractivity contribution is 7.98. The highest BCUT2D eigenvalue weighted by atomic mass is 32.2. The average Bonchev–Trinajstić information content (AvgIpc) is 2.52. The van der Waals surface area contributed by atoms with Crippen molar-refractivity contribution in [3.63, 3.8) is 0 Å². The summed E-state index contributed by atoms with van der Waals surface area (Å²) in [6.45, 7) is 4.03. The SMILES string of the molecule is COc1cc(CSc2nc(C(C)C)cc(=O)[nH]2)cc(OC)c1. The van der Waals surface area contributed by atoms with Crippen LogP contribution in [0.15, 0.2) is 34.2 Å². The topological polar surface area (TPSA) is 64.2 Å². The summed E-state index contributed by atoms with van der Waals surface area (Å²) in [7, 11) is 3.24. The molecule has 0 atom stereocenters. The van der Waals surface area contributed by atoms with Crippen LogP contribution in [0.5, 0.6) is 11.5 Å². The highest BCUT2D eigenvalue weighted by Gasteiger charge is 2.07. The number of H-pyrrole nitrogens is 1. The number of aromatic nitrogens is 2.